The maximum atomic E-state index is 12.2. The lowest BCUT2D eigenvalue weighted by atomic mass is 9.71. The molecule has 0 saturated heterocycles. The van der Waals surface area contributed by atoms with Gasteiger partial charge in [0, 0.05) is 11.1 Å². The smallest absolute Gasteiger partial charge is 0.172 e. The number of aromatic amines is 1. The van der Waals surface area contributed by atoms with Crippen LogP contribution in [0.3, 0.4) is 0 Å². The minimum Gasteiger partial charge on any atom is -0.293 e. The highest BCUT2D eigenvalue weighted by atomic mass is 16.1. The Morgan fingerprint density at radius 3 is 2.86 bits per heavy atom. The number of ketones is 1. The quantitative estimate of drug-likeness (QED) is 0.681. The molecule has 2 aliphatic carbocycles. The molecular formula is C11H14N2O. The third-order valence-electron chi connectivity index (χ3n) is 3.86. The molecule has 0 atom stereocenters. The third-order valence-corrected chi connectivity index (χ3v) is 3.86. The van der Waals surface area contributed by atoms with E-state index in [0.717, 1.165) is 36.9 Å². The number of hydrogen-bond acceptors (Lipinski definition) is 2. The second-order valence-corrected chi connectivity index (χ2v) is 4.58. The number of nitrogens with zero attached hydrogens (tertiary/aromatic N) is 1. The van der Waals surface area contributed by atoms with E-state index in [2.05, 4.69) is 10.2 Å². The van der Waals surface area contributed by atoms with Gasteiger partial charge in [-0.3, -0.25) is 9.89 Å². The number of carbonyl (C=O) groups excluding carboxylic acids is 1. The summed E-state index contributed by atoms with van der Waals surface area (Å²) in [5.41, 5.74) is 1.90. The van der Waals surface area contributed by atoms with Crippen molar-refractivity contribution < 1.29 is 4.79 Å². The van der Waals surface area contributed by atoms with Crippen LogP contribution >= 0.6 is 0 Å². The van der Waals surface area contributed by atoms with Crippen molar-refractivity contribution in [2.45, 2.75) is 38.5 Å². The molecule has 0 radical (unpaired) electrons. The fourth-order valence-corrected chi connectivity index (χ4v) is 2.99. The zero-order valence-electron chi connectivity index (χ0n) is 8.18. The van der Waals surface area contributed by atoms with Crippen LogP contribution in [-0.4, -0.2) is 16.0 Å². The molecule has 3 nitrogen and oxygen atoms in total. The lowest BCUT2D eigenvalue weighted by Crippen LogP contribution is -2.33. The Labute approximate surface area is 82.9 Å². The molecule has 0 aliphatic heterocycles. The Bertz CT molecular complexity index is 374. The van der Waals surface area contributed by atoms with Crippen LogP contribution in [0, 0.1) is 5.41 Å². The Hall–Kier alpha value is -1.12. The Morgan fingerprint density at radius 1 is 1.29 bits per heavy atom. The molecule has 1 aromatic heterocycles. The molecule has 1 heterocycles. The largest absolute Gasteiger partial charge is 0.293 e. The number of fused-ring (bicyclic) bond motifs is 1. The number of aromatic nitrogens is 2. The van der Waals surface area contributed by atoms with Crippen LogP contribution in [0.25, 0.3) is 0 Å². The number of aryl methyl sites for hydroxylation is 1. The van der Waals surface area contributed by atoms with E-state index in [1.165, 1.54) is 12.8 Å². The lowest BCUT2D eigenvalue weighted by molar-refractivity contribution is 0.0765. The number of hydrogen-bond donors (Lipinski definition) is 1. The van der Waals surface area contributed by atoms with E-state index in [1.807, 2.05) is 0 Å². The van der Waals surface area contributed by atoms with Crippen LogP contribution in [0.15, 0.2) is 6.20 Å². The van der Waals surface area contributed by atoms with Gasteiger partial charge >= 0.3 is 0 Å². The molecule has 2 aliphatic rings. The number of Topliss-reactive ketones (excluding diaryl/α,β-unsaturated/α-hetero) is 1. The molecule has 0 amide bonds. The van der Waals surface area contributed by atoms with E-state index >= 15 is 0 Å². The van der Waals surface area contributed by atoms with E-state index in [4.69, 9.17) is 0 Å². The highest BCUT2D eigenvalue weighted by Gasteiger charge is 2.44. The summed E-state index contributed by atoms with van der Waals surface area (Å²) in [4.78, 5) is 12.2. The van der Waals surface area contributed by atoms with Gasteiger partial charge in [0.25, 0.3) is 0 Å². The van der Waals surface area contributed by atoms with E-state index in [0.29, 0.717) is 5.78 Å². The van der Waals surface area contributed by atoms with E-state index < -0.39 is 0 Å². The maximum absolute atomic E-state index is 12.2. The third kappa shape index (κ3) is 0.925. The van der Waals surface area contributed by atoms with E-state index in [9.17, 15) is 4.79 Å². The Kier molecular flexibility index (Phi) is 1.58. The van der Waals surface area contributed by atoms with Gasteiger partial charge in [-0.15, -0.1) is 0 Å². The fourth-order valence-electron chi connectivity index (χ4n) is 2.99. The fraction of sp³-hybridized carbons (Fsp3) is 0.636. The summed E-state index contributed by atoms with van der Waals surface area (Å²) < 4.78 is 0. The van der Waals surface area contributed by atoms with Crippen LogP contribution in [0.5, 0.6) is 0 Å². The SMILES string of the molecule is O=C1c2cn[nH]c2CCC12CCCC2. The van der Waals surface area contributed by atoms with Crippen LogP contribution in [0.1, 0.15) is 48.2 Å². The summed E-state index contributed by atoms with van der Waals surface area (Å²) in [6, 6.07) is 0. The molecule has 1 aromatic rings. The van der Waals surface area contributed by atoms with Crippen molar-refractivity contribution in [3.8, 4) is 0 Å². The van der Waals surface area contributed by atoms with Gasteiger partial charge in [-0.2, -0.15) is 5.10 Å². The average molecular weight is 190 g/mol. The van der Waals surface area contributed by atoms with Gasteiger partial charge in [0.1, 0.15) is 0 Å². The predicted octanol–water partition coefficient (Wildman–Crippen LogP) is 2.10. The van der Waals surface area contributed by atoms with Gasteiger partial charge in [-0.25, -0.2) is 0 Å². The monoisotopic (exact) mass is 190 g/mol. The van der Waals surface area contributed by atoms with Gasteiger partial charge in [0.05, 0.1) is 11.8 Å². The summed E-state index contributed by atoms with van der Waals surface area (Å²) in [6.45, 7) is 0. The Balaban J connectivity index is 2.04. The highest BCUT2D eigenvalue weighted by Crippen LogP contribution is 2.47. The minimum atomic E-state index is -0.00310. The number of H-pyrrole nitrogens is 1. The molecule has 1 N–H and O–H groups in total. The van der Waals surface area contributed by atoms with Crippen molar-refractivity contribution in [3.05, 3.63) is 17.5 Å². The average Bonchev–Trinajstić information content (AvgIpc) is 2.83. The topological polar surface area (TPSA) is 45.8 Å². The normalized spacial score (nSPS) is 24.1. The van der Waals surface area contributed by atoms with Crippen molar-refractivity contribution >= 4 is 5.78 Å². The van der Waals surface area contributed by atoms with Gasteiger partial charge in [-0.05, 0) is 25.7 Å². The summed E-state index contributed by atoms with van der Waals surface area (Å²) in [5, 5.41) is 6.89. The van der Waals surface area contributed by atoms with Crippen LogP contribution in [-0.2, 0) is 6.42 Å². The van der Waals surface area contributed by atoms with E-state index in [1.54, 1.807) is 6.20 Å². The summed E-state index contributed by atoms with van der Waals surface area (Å²) in [5.74, 6) is 0.352. The Morgan fingerprint density at radius 2 is 2.07 bits per heavy atom. The van der Waals surface area contributed by atoms with Crippen LogP contribution in [0.4, 0.5) is 0 Å². The maximum Gasteiger partial charge on any atom is 0.172 e. The summed E-state index contributed by atoms with van der Waals surface area (Å²) >= 11 is 0. The van der Waals surface area contributed by atoms with Crippen molar-refractivity contribution in [3.63, 3.8) is 0 Å². The highest BCUT2D eigenvalue weighted by molar-refractivity contribution is 6.02. The van der Waals surface area contributed by atoms with Crippen molar-refractivity contribution in [2.75, 3.05) is 0 Å². The zero-order valence-corrected chi connectivity index (χ0v) is 8.18. The van der Waals surface area contributed by atoms with Gasteiger partial charge < -0.3 is 0 Å². The molecule has 3 rings (SSSR count). The first-order valence-electron chi connectivity index (χ1n) is 5.39. The lowest BCUT2D eigenvalue weighted by Gasteiger charge is -2.30. The summed E-state index contributed by atoms with van der Waals surface area (Å²) in [7, 11) is 0. The van der Waals surface area contributed by atoms with Gasteiger partial charge in [-0.1, -0.05) is 12.8 Å². The minimum absolute atomic E-state index is 0.00310. The van der Waals surface area contributed by atoms with Crippen molar-refractivity contribution in [1.29, 1.82) is 0 Å². The number of rotatable bonds is 0. The molecule has 1 spiro atoms. The first-order valence-corrected chi connectivity index (χ1v) is 5.39. The second kappa shape index (κ2) is 2.69. The second-order valence-electron chi connectivity index (χ2n) is 4.58. The molecule has 74 valence electrons. The number of nitrogens with one attached hydrogen (secondary N) is 1. The first-order chi connectivity index (χ1) is 6.82. The van der Waals surface area contributed by atoms with Crippen molar-refractivity contribution in [2.24, 2.45) is 5.41 Å². The van der Waals surface area contributed by atoms with Gasteiger partial charge in [0.15, 0.2) is 5.78 Å². The molecule has 3 heteroatoms. The standard InChI is InChI=1S/C11H14N2O/c14-10-8-7-12-13-9(8)3-6-11(10)4-1-2-5-11/h7H,1-6H2,(H,12,13). The zero-order chi connectivity index (χ0) is 9.60. The molecule has 1 saturated carbocycles. The van der Waals surface area contributed by atoms with Gasteiger partial charge in [0.2, 0.25) is 0 Å². The van der Waals surface area contributed by atoms with Crippen LogP contribution < -0.4 is 0 Å². The van der Waals surface area contributed by atoms with E-state index in [-0.39, 0.29) is 5.41 Å². The van der Waals surface area contributed by atoms with Crippen molar-refractivity contribution in [1.82, 2.24) is 10.2 Å². The molecule has 14 heavy (non-hydrogen) atoms. The van der Waals surface area contributed by atoms with Crippen LogP contribution in [0.2, 0.25) is 0 Å². The molecular weight excluding hydrogens is 176 g/mol. The molecule has 0 aromatic carbocycles. The predicted molar refractivity (Wildman–Crippen MR) is 52.1 cm³/mol. The molecule has 1 fully saturated rings. The number of carbonyl (C=O) groups is 1. The molecule has 0 bridgehead atoms. The molecule has 0 unspecified atom stereocenters. The first kappa shape index (κ1) is 8.21. The summed E-state index contributed by atoms with van der Waals surface area (Å²) in [6.07, 6.45) is 8.36.